The fraction of sp³-hybridized carbons (Fsp3) is 0.462. The number of nitrogen functional groups attached to an aromatic ring is 1. The van der Waals surface area contributed by atoms with Crippen LogP contribution in [0.25, 0.3) is 10.2 Å². The van der Waals surface area contributed by atoms with Crippen molar-refractivity contribution in [2.45, 2.75) is 95.5 Å². The normalized spacial score (nSPS) is 16.7. The van der Waals surface area contributed by atoms with Crippen LogP contribution < -0.4 is 21.7 Å². The van der Waals surface area contributed by atoms with E-state index in [0.717, 1.165) is 24.0 Å². The van der Waals surface area contributed by atoms with E-state index in [-0.39, 0.29) is 41.8 Å². The molecular weight excluding hydrogens is 697 g/mol. The molecule has 1 fully saturated rings. The molecule has 0 spiro atoms. The third-order valence-corrected chi connectivity index (χ3v) is 12.1. The van der Waals surface area contributed by atoms with Gasteiger partial charge in [-0.1, -0.05) is 107 Å². The number of anilines is 1. The Bertz CT molecular complexity index is 1940. The molecule has 1 heterocycles. The van der Waals surface area contributed by atoms with E-state index < -0.39 is 45.6 Å². The molecule has 52 heavy (non-hydrogen) atoms. The highest BCUT2D eigenvalue weighted by atomic mass is 32.2. The lowest BCUT2D eigenvalue weighted by molar-refractivity contribution is -0.133. The second kappa shape index (κ2) is 16.0. The van der Waals surface area contributed by atoms with Crippen molar-refractivity contribution in [2.24, 2.45) is 11.3 Å². The Morgan fingerprint density at radius 1 is 0.942 bits per heavy atom. The van der Waals surface area contributed by atoms with Crippen LogP contribution in [0, 0.1) is 11.3 Å². The van der Waals surface area contributed by atoms with E-state index >= 15 is 0 Å². The van der Waals surface area contributed by atoms with Crippen molar-refractivity contribution in [1.29, 1.82) is 0 Å². The molecule has 1 aliphatic carbocycles. The van der Waals surface area contributed by atoms with Crippen molar-refractivity contribution in [3.63, 3.8) is 0 Å². The van der Waals surface area contributed by atoms with Gasteiger partial charge in [-0.05, 0) is 66.8 Å². The number of benzene rings is 3. The van der Waals surface area contributed by atoms with Gasteiger partial charge in [0.25, 0.3) is 0 Å². The number of carbonyl (C=O) groups excluding carboxylic acids is 2. The highest BCUT2D eigenvalue weighted by Gasteiger charge is 2.46. The number of sulfonamides is 1. The molecule has 1 saturated carbocycles. The van der Waals surface area contributed by atoms with Crippen molar-refractivity contribution < 1.29 is 23.1 Å². The maximum atomic E-state index is 14.2. The summed E-state index contributed by atoms with van der Waals surface area (Å²) >= 11 is 1.20. The highest BCUT2D eigenvalue weighted by molar-refractivity contribution is 7.89. The van der Waals surface area contributed by atoms with Crippen LogP contribution in [0.3, 0.4) is 0 Å². The zero-order valence-corrected chi connectivity index (χ0v) is 32.4. The predicted molar refractivity (Wildman–Crippen MR) is 207 cm³/mol. The Kier molecular flexibility index (Phi) is 12.1. The number of aliphatic hydroxyl groups is 1. The van der Waals surface area contributed by atoms with Gasteiger partial charge in [-0.15, -0.1) is 0 Å². The van der Waals surface area contributed by atoms with E-state index in [1.54, 1.807) is 19.1 Å². The van der Waals surface area contributed by atoms with Crippen LogP contribution >= 0.6 is 11.3 Å². The van der Waals surface area contributed by atoms with Gasteiger partial charge in [0.15, 0.2) is 5.13 Å². The third-order valence-electron chi connectivity index (χ3n) is 9.44. The van der Waals surface area contributed by atoms with Gasteiger partial charge in [0.1, 0.15) is 6.04 Å². The second-order valence-electron chi connectivity index (χ2n) is 15.4. The van der Waals surface area contributed by atoms with Crippen molar-refractivity contribution in [2.75, 3.05) is 18.8 Å². The largest absolute Gasteiger partial charge is 0.390 e. The van der Waals surface area contributed by atoms with Crippen molar-refractivity contribution in [1.82, 2.24) is 25.2 Å². The molecule has 280 valence electrons. The Hall–Kier alpha value is -3.88. The van der Waals surface area contributed by atoms with Crippen LogP contribution in [0.1, 0.15) is 65.5 Å². The number of hydrogen-bond donors (Lipinski definition) is 5. The van der Waals surface area contributed by atoms with Crippen LogP contribution in [0.5, 0.6) is 0 Å². The first kappa shape index (κ1) is 39.3. The van der Waals surface area contributed by atoms with Crippen LogP contribution in [0.15, 0.2) is 83.8 Å². The van der Waals surface area contributed by atoms with Gasteiger partial charge in [-0.3, -0.25) is 14.9 Å². The van der Waals surface area contributed by atoms with E-state index in [1.165, 1.54) is 21.7 Å². The Morgan fingerprint density at radius 3 is 2.17 bits per heavy atom. The fourth-order valence-electron chi connectivity index (χ4n) is 6.48. The summed E-state index contributed by atoms with van der Waals surface area (Å²) in [7, 11) is -4.07. The van der Waals surface area contributed by atoms with Gasteiger partial charge in [0, 0.05) is 18.6 Å². The van der Waals surface area contributed by atoms with E-state index in [4.69, 9.17) is 5.73 Å². The first-order valence-electron chi connectivity index (χ1n) is 17.8. The molecular formula is C39H52N6O5S2. The first-order chi connectivity index (χ1) is 24.5. The van der Waals surface area contributed by atoms with E-state index in [0.29, 0.717) is 15.3 Å². The van der Waals surface area contributed by atoms with E-state index in [2.05, 4.69) is 33.1 Å². The second-order valence-corrected chi connectivity index (χ2v) is 18.4. The molecule has 0 saturated heterocycles. The number of rotatable bonds is 16. The van der Waals surface area contributed by atoms with Crippen LogP contribution in [-0.4, -0.2) is 71.9 Å². The molecule has 0 radical (unpaired) electrons. The summed E-state index contributed by atoms with van der Waals surface area (Å²) in [4.78, 5) is 32.1. The number of thiazole rings is 1. The van der Waals surface area contributed by atoms with Gasteiger partial charge in [0.05, 0.1) is 33.3 Å². The topological polar surface area (TPSA) is 167 Å². The number of carbonyl (C=O) groups is 2. The summed E-state index contributed by atoms with van der Waals surface area (Å²) in [6.45, 7) is 11.1. The lowest BCUT2D eigenvalue weighted by atomic mass is 9.85. The Labute approximate surface area is 311 Å². The number of nitrogens with two attached hydrogens (primary N) is 1. The molecule has 4 aromatic rings. The maximum absolute atomic E-state index is 14.2. The molecule has 2 amide bonds. The van der Waals surface area contributed by atoms with E-state index in [1.807, 2.05) is 83.1 Å². The molecule has 1 unspecified atom stereocenters. The smallest absolute Gasteiger partial charge is 0.243 e. The number of aromatic nitrogens is 1. The quantitative estimate of drug-likeness (QED) is 0.109. The molecule has 1 aliphatic rings. The molecule has 1 aromatic heterocycles. The van der Waals surface area contributed by atoms with Crippen molar-refractivity contribution in [3.05, 3.63) is 90.0 Å². The standard InChI is InChI=1S/C39H52N6O5S2/c1-25(2)23-45(52(49,50)29-17-18-30-33(22-29)51-37(40)42-30)24-32(46)31(21-27-13-9-7-10-14-27)41-36(48)34(38(4,5)6)43-35(47)26(3)44-39(19-20-39)28-15-11-8-12-16-28/h7-18,22,25-26,31-32,34,44,46H,19-21,23-24H2,1-6H3,(H2,40,42)(H,41,48)(H,43,47)/t26-,31+,32-,34?/m1/s1. The minimum Gasteiger partial charge on any atom is -0.390 e. The molecule has 0 bridgehead atoms. The lowest BCUT2D eigenvalue weighted by Crippen LogP contribution is -2.60. The summed E-state index contributed by atoms with van der Waals surface area (Å²) < 4.78 is 30.1. The number of fused-ring (bicyclic) bond motifs is 1. The Morgan fingerprint density at radius 2 is 1.58 bits per heavy atom. The monoisotopic (exact) mass is 748 g/mol. The third kappa shape index (κ3) is 9.56. The summed E-state index contributed by atoms with van der Waals surface area (Å²) in [5, 5.41) is 21.7. The van der Waals surface area contributed by atoms with Gasteiger partial charge in [-0.2, -0.15) is 4.31 Å². The van der Waals surface area contributed by atoms with Crippen molar-refractivity contribution in [3.8, 4) is 0 Å². The highest BCUT2D eigenvalue weighted by Crippen LogP contribution is 2.45. The zero-order valence-electron chi connectivity index (χ0n) is 30.8. The summed E-state index contributed by atoms with van der Waals surface area (Å²) in [5.74, 6) is -0.838. The number of amides is 2. The lowest BCUT2D eigenvalue weighted by Gasteiger charge is -2.35. The molecule has 13 heteroatoms. The average molecular weight is 749 g/mol. The minimum atomic E-state index is -4.07. The summed E-state index contributed by atoms with van der Waals surface area (Å²) in [6, 6.07) is 21.7. The van der Waals surface area contributed by atoms with Gasteiger partial charge >= 0.3 is 0 Å². The summed E-state index contributed by atoms with van der Waals surface area (Å²) in [6.07, 6.45) is 0.764. The predicted octanol–water partition coefficient (Wildman–Crippen LogP) is 4.81. The maximum Gasteiger partial charge on any atom is 0.243 e. The molecule has 6 N–H and O–H groups in total. The molecule has 4 atom stereocenters. The number of nitrogens with zero attached hydrogens (tertiary/aromatic N) is 2. The molecule has 3 aromatic carbocycles. The SMILES string of the molecule is CC(C)CN(C[C@@H](O)[C@H](Cc1ccccc1)NC(=O)C(NC(=O)[C@@H](C)NC1(c2ccccc2)CC1)C(C)(C)C)S(=O)(=O)c1ccc2nc(N)sc2c1. The zero-order chi connectivity index (χ0) is 37.8. The van der Waals surface area contributed by atoms with Gasteiger partial charge < -0.3 is 21.5 Å². The number of aliphatic hydroxyl groups excluding tert-OH is 1. The molecule has 5 rings (SSSR count). The van der Waals surface area contributed by atoms with Gasteiger partial charge in [0.2, 0.25) is 21.8 Å². The van der Waals surface area contributed by atoms with Crippen LogP contribution in [0.4, 0.5) is 5.13 Å². The van der Waals surface area contributed by atoms with E-state index in [9.17, 15) is 23.1 Å². The average Bonchev–Trinajstić information content (AvgIpc) is 3.77. The summed E-state index contributed by atoms with van der Waals surface area (Å²) in [5.41, 5.74) is 7.49. The van der Waals surface area contributed by atoms with Crippen LogP contribution in [0.2, 0.25) is 0 Å². The first-order valence-corrected chi connectivity index (χ1v) is 20.1. The molecule has 0 aliphatic heterocycles. The fourth-order valence-corrected chi connectivity index (χ4v) is 8.98. The Balaban J connectivity index is 1.36. The number of nitrogens with one attached hydrogen (secondary N) is 3. The number of hydrogen-bond acceptors (Lipinski definition) is 9. The van der Waals surface area contributed by atoms with Crippen LogP contribution in [-0.2, 0) is 31.6 Å². The van der Waals surface area contributed by atoms with Crippen molar-refractivity contribution >= 4 is 48.5 Å². The molecule has 11 nitrogen and oxygen atoms in total. The van der Waals surface area contributed by atoms with Gasteiger partial charge in [-0.25, -0.2) is 13.4 Å². The minimum absolute atomic E-state index is 0.0559.